The van der Waals surface area contributed by atoms with Gasteiger partial charge in [-0.25, -0.2) is 9.98 Å². The number of rotatable bonds is 3. The number of hydrogen-bond acceptors (Lipinski definition) is 4. The number of aliphatic imine (C=N–C) groups is 2. The minimum Gasteiger partial charge on any atom is -0.324 e. The highest BCUT2D eigenvalue weighted by Gasteiger charge is 2.22. The molecule has 2 heterocycles. The molecule has 3 nitrogen and oxygen atoms in total. The van der Waals surface area contributed by atoms with E-state index in [-0.39, 0.29) is 6.17 Å². The molecule has 6 rings (SSSR count). The lowest BCUT2D eigenvalue weighted by Crippen LogP contribution is -2.36. The highest BCUT2D eigenvalue weighted by Crippen LogP contribution is 2.36. The first-order valence-corrected chi connectivity index (χ1v) is 11.6. The topological polar surface area (TPSA) is 36.8 Å². The van der Waals surface area contributed by atoms with Crippen LogP contribution in [0.15, 0.2) is 107 Å². The molecule has 0 fully saturated rings. The zero-order chi connectivity index (χ0) is 21.5. The Balaban J connectivity index is 1.54. The van der Waals surface area contributed by atoms with Gasteiger partial charge in [0.15, 0.2) is 6.17 Å². The quantitative estimate of drug-likeness (QED) is 0.309. The van der Waals surface area contributed by atoms with E-state index in [1.807, 2.05) is 42.5 Å². The predicted molar refractivity (Wildman–Crippen MR) is 136 cm³/mol. The van der Waals surface area contributed by atoms with E-state index < -0.39 is 0 Å². The SMILES string of the molecule is Clc1cccc(C2N=C(c3ccccc3)NC(c3cccc4c3sc3ccccc34)=N2)c1. The van der Waals surface area contributed by atoms with Crippen molar-refractivity contribution in [1.29, 1.82) is 0 Å². The molecule has 5 heteroatoms. The summed E-state index contributed by atoms with van der Waals surface area (Å²) in [6.45, 7) is 0. The first kappa shape index (κ1) is 19.2. The van der Waals surface area contributed by atoms with Gasteiger partial charge in [-0.2, -0.15) is 0 Å². The van der Waals surface area contributed by atoms with Crippen LogP contribution in [0.4, 0.5) is 0 Å². The van der Waals surface area contributed by atoms with E-state index >= 15 is 0 Å². The van der Waals surface area contributed by atoms with Gasteiger partial charge in [-0.15, -0.1) is 11.3 Å². The number of nitrogens with one attached hydrogen (secondary N) is 1. The lowest BCUT2D eigenvalue weighted by atomic mass is 10.1. The predicted octanol–water partition coefficient (Wildman–Crippen LogP) is 7.20. The third kappa shape index (κ3) is 3.38. The second kappa shape index (κ2) is 7.90. The van der Waals surface area contributed by atoms with E-state index in [0.717, 1.165) is 28.4 Å². The molecule has 0 bridgehead atoms. The van der Waals surface area contributed by atoms with Crippen molar-refractivity contribution >= 4 is 54.8 Å². The molecule has 0 saturated heterocycles. The Labute approximate surface area is 194 Å². The standard InChI is InChI=1S/C27H18ClN3S/c28-19-11-6-10-18(16-19)26-29-25(17-8-2-1-3-9-17)30-27(31-26)22-14-7-13-21-20-12-4-5-15-23(20)32-24(21)22/h1-16,26H,(H,29,30,31). The molecule has 32 heavy (non-hydrogen) atoms. The molecule has 0 radical (unpaired) electrons. The fourth-order valence-corrected chi connectivity index (χ4v) is 5.50. The molecule has 1 aliphatic heterocycles. The first-order chi connectivity index (χ1) is 15.8. The third-order valence-electron chi connectivity index (χ3n) is 5.59. The zero-order valence-electron chi connectivity index (χ0n) is 17.0. The van der Waals surface area contributed by atoms with Crippen molar-refractivity contribution in [3.63, 3.8) is 0 Å². The van der Waals surface area contributed by atoms with Crippen LogP contribution in [0.5, 0.6) is 0 Å². The smallest absolute Gasteiger partial charge is 0.169 e. The molecule has 0 saturated carbocycles. The zero-order valence-corrected chi connectivity index (χ0v) is 18.6. The van der Waals surface area contributed by atoms with Crippen LogP contribution in [0.2, 0.25) is 5.02 Å². The second-order valence-electron chi connectivity index (χ2n) is 7.66. The Morgan fingerprint density at radius 1 is 0.719 bits per heavy atom. The number of amidine groups is 2. The molecule has 1 aromatic heterocycles. The van der Waals surface area contributed by atoms with Crippen molar-refractivity contribution in [3.05, 3.63) is 119 Å². The molecule has 154 valence electrons. The Bertz CT molecular complexity index is 1520. The molecule has 4 aromatic carbocycles. The average Bonchev–Trinajstić information content (AvgIpc) is 3.23. The lowest BCUT2D eigenvalue weighted by molar-refractivity contribution is 0.756. The number of thiophene rings is 1. The van der Waals surface area contributed by atoms with Crippen molar-refractivity contribution in [2.75, 3.05) is 0 Å². The second-order valence-corrected chi connectivity index (χ2v) is 9.14. The van der Waals surface area contributed by atoms with E-state index in [2.05, 4.69) is 59.9 Å². The number of halogens is 1. The molecule has 0 amide bonds. The van der Waals surface area contributed by atoms with E-state index in [1.54, 1.807) is 11.3 Å². The van der Waals surface area contributed by atoms with Gasteiger partial charge >= 0.3 is 0 Å². The maximum atomic E-state index is 6.28. The van der Waals surface area contributed by atoms with Crippen molar-refractivity contribution in [3.8, 4) is 0 Å². The van der Waals surface area contributed by atoms with Crippen molar-refractivity contribution in [2.24, 2.45) is 9.98 Å². The van der Waals surface area contributed by atoms with E-state index in [4.69, 9.17) is 21.6 Å². The van der Waals surface area contributed by atoms with Gasteiger partial charge in [0, 0.05) is 36.3 Å². The van der Waals surface area contributed by atoms with Gasteiger partial charge in [-0.05, 0) is 29.8 Å². The van der Waals surface area contributed by atoms with E-state index in [9.17, 15) is 0 Å². The van der Waals surface area contributed by atoms with Crippen LogP contribution in [0, 0.1) is 0 Å². The molecule has 5 aromatic rings. The minimum absolute atomic E-state index is 0.371. The van der Waals surface area contributed by atoms with Gasteiger partial charge in [-0.1, -0.05) is 84.4 Å². The molecule has 1 atom stereocenters. The van der Waals surface area contributed by atoms with E-state index in [0.29, 0.717) is 5.02 Å². The number of benzene rings is 4. The summed E-state index contributed by atoms with van der Waals surface area (Å²) in [4.78, 5) is 9.95. The highest BCUT2D eigenvalue weighted by atomic mass is 35.5. The normalized spacial score (nSPS) is 16.0. The maximum absolute atomic E-state index is 6.28. The third-order valence-corrected chi connectivity index (χ3v) is 7.05. The first-order valence-electron chi connectivity index (χ1n) is 10.4. The fraction of sp³-hybridized carbons (Fsp3) is 0.0370. The van der Waals surface area contributed by atoms with Crippen LogP contribution in [0.1, 0.15) is 22.9 Å². The van der Waals surface area contributed by atoms with Crippen LogP contribution < -0.4 is 5.32 Å². The summed E-state index contributed by atoms with van der Waals surface area (Å²) >= 11 is 8.08. The van der Waals surface area contributed by atoms with Gasteiger partial charge in [0.25, 0.3) is 0 Å². The summed E-state index contributed by atoms with van der Waals surface area (Å²) < 4.78 is 2.49. The summed E-state index contributed by atoms with van der Waals surface area (Å²) in [6.07, 6.45) is -0.371. The average molecular weight is 452 g/mol. The molecule has 1 unspecified atom stereocenters. The summed E-state index contributed by atoms with van der Waals surface area (Å²) in [5, 5.41) is 6.71. The summed E-state index contributed by atoms with van der Waals surface area (Å²) in [6, 6.07) is 32.9. The fourth-order valence-electron chi connectivity index (χ4n) is 4.08. The Morgan fingerprint density at radius 2 is 1.47 bits per heavy atom. The number of fused-ring (bicyclic) bond motifs is 3. The van der Waals surface area contributed by atoms with Gasteiger partial charge in [0.1, 0.15) is 11.7 Å². The van der Waals surface area contributed by atoms with E-state index in [1.165, 1.54) is 20.2 Å². The van der Waals surface area contributed by atoms with Crippen LogP contribution >= 0.6 is 22.9 Å². The number of hydrogen-bond donors (Lipinski definition) is 1. The molecule has 0 aliphatic carbocycles. The largest absolute Gasteiger partial charge is 0.324 e. The molecular formula is C27H18ClN3S. The molecule has 1 aliphatic rings. The Morgan fingerprint density at radius 3 is 2.34 bits per heavy atom. The van der Waals surface area contributed by atoms with Crippen molar-refractivity contribution < 1.29 is 0 Å². The Hall–Kier alpha value is -3.47. The maximum Gasteiger partial charge on any atom is 0.169 e. The summed E-state index contributed by atoms with van der Waals surface area (Å²) in [5.41, 5.74) is 3.07. The number of nitrogens with zero attached hydrogens (tertiary/aromatic N) is 2. The van der Waals surface area contributed by atoms with Crippen LogP contribution in [0.3, 0.4) is 0 Å². The monoisotopic (exact) mass is 451 g/mol. The van der Waals surface area contributed by atoms with Crippen LogP contribution in [0.25, 0.3) is 20.2 Å². The van der Waals surface area contributed by atoms with Gasteiger partial charge < -0.3 is 5.32 Å². The van der Waals surface area contributed by atoms with Crippen molar-refractivity contribution in [1.82, 2.24) is 5.32 Å². The van der Waals surface area contributed by atoms with Crippen LogP contribution in [-0.4, -0.2) is 11.7 Å². The lowest BCUT2D eigenvalue weighted by Gasteiger charge is -2.22. The van der Waals surface area contributed by atoms with Gasteiger partial charge in [0.2, 0.25) is 0 Å². The minimum atomic E-state index is -0.371. The van der Waals surface area contributed by atoms with Gasteiger partial charge in [-0.3, -0.25) is 0 Å². The molecule has 1 N–H and O–H groups in total. The Kier molecular flexibility index (Phi) is 4.75. The van der Waals surface area contributed by atoms with Crippen molar-refractivity contribution in [2.45, 2.75) is 6.17 Å². The summed E-state index contributed by atoms with van der Waals surface area (Å²) in [7, 11) is 0. The molecule has 0 spiro atoms. The highest BCUT2D eigenvalue weighted by molar-refractivity contribution is 7.26. The molecular weight excluding hydrogens is 434 g/mol. The van der Waals surface area contributed by atoms with Gasteiger partial charge in [0.05, 0.1) is 0 Å². The summed E-state index contributed by atoms with van der Waals surface area (Å²) in [5.74, 6) is 1.62. The van der Waals surface area contributed by atoms with Crippen LogP contribution in [-0.2, 0) is 0 Å².